The van der Waals surface area contributed by atoms with Gasteiger partial charge in [0, 0.05) is 20.1 Å². The summed E-state index contributed by atoms with van der Waals surface area (Å²) in [5, 5.41) is 0. The molecule has 0 bridgehead atoms. The Morgan fingerprint density at radius 3 is 2.41 bits per heavy atom. The molecular formula is C17H37NO3Si. The summed E-state index contributed by atoms with van der Waals surface area (Å²) < 4.78 is 19.0. The van der Waals surface area contributed by atoms with E-state index in [2.05, 4.69) is 27.3 Å². The summed E-state index contributed by atoms with van der Waals surface area (Å²) in [4.78, 5) is 0. The third kappa shape index (κ3) is 3.59. The van der Waals surface area contributed by atoms with Crippen LogP contribution < -0.4 is 5.73 Å². The first kappa shape index (κ1) is 20.1. The zero-order valence-electron chi connectivity index (χ0n) is 15.5. The van der Waals surface area contributed by atoms with E-state index < -0.39 is 14.1 Å². The van der Waals surface area contributed by atoms with Crippen molar-refractivity contribution in [2.45, 2.75) is 82.9 Å². The van der Waals surface area contributed by atoms with Crippen LogP contribution in [-0.4, -0.2) is 40.5 Å². The van der Waals surface area contributed by atoms with Crippen molar-refractivity contribution in [3.05, 3.63) is 0 Å². The minimum absolute atomic E-state index is 0.199. The molecule has 3 unspecified atom stereocenters. The minimum atomic E-state index is -1.70. The highest BCUT2D eigenvalue weighted by Crippen LogP contribution is 2.49. The second kappa shape index (κ2) is 8.24. The molecule has 0 spiro atoms. The van der Waals surface area contributed by atoms with Crippen LogP contribution in [0.3, 0.4) is 0 Å². The van der Waals surface area contributed by atoms with Gasteiger partial charge in [-0.05, 0) is 44.4 Å². The molecule has 0 aromatic carbocycles. The molecule has 1 heterocycles. The lowest BCUT2D eigenvalue weighted by Crippen LogP contribution is -2.66. The molecule has 1 rings (SSSR count). The van der Waals surface area contributed by atoms with E-state index in [1.165, 1.54) is 24.9 Å². The highest BCUT2D eigenvalue weighted by Gasteiger charge is 2.59. The Kier molecular flexibility index (Phi) is 7.53. The van der Waals surface area contributed by atoms with Crippen LogP contribution in [-0.2, 0) is 13.9 Å². The summed E-state index contributed by atoms with van der Waals surface area (Å²) in [5.41, 5.74) is 5.46. The topological polar surface area (TPSA) is 53.7 Å². The lowest BCUT2D eigenvalue weighted by molar-refractivity contribution is -0.325. The van der Waals surface area contributed by atoms with Crippen LogP contribution in [0.1, 0.15) is 52.9 Å². The van der Waals surface area contributed by atoms with Gasteiger partial charge in [-0.1, -0.05) is 33.6 Å². The third-order valence-corrected chi connectivity index (χ3v) is 9.42. The van der Waals surface area contributed by atoms with Crippen LogP contribution in [0.25, 0.3) is 0 Å². The smallest absolute Gasteiger partial charge is 0.198 e. The Morgan fingerprint density at radius 2 is 1.95 bits per heavy atom. The van der Waals surface area contributed by atoms with E-state index in [1.54, 1.807) is 14.2 Å². The van der Waals surface area contributed by atoms with Crippen LogP contribution in [0, 0.1) is 5.92 Å². The van der Waals surface area contributed by atoms with Crippen molar-refractivity contribution in [3.63, 3.8) is 0 Å². The molecule has 0 aliphatic carbocycles. The zero-order valence-corrected chi connectivity index (χ0v) is 16.5. The summed E-state index contributed by atoms with van der Waals surface area (Å²) in [7, 11) is 1.81. The van der Waals surface area contributed by atoms with Crippen molar-refractivity contribution >= 4 is 8.32 Å². The average molecular weight is 332 g/mol. The van der Waals surface area contributed by atoms with Gasteiger partial charge < -0.3 is 19.6 Å². The van der Waals surface area contributed by atoms with Crippen molar-refractivity contribution < 1.29 is 13.9 Å². The molecule has 5 heteroatoms. The van der Waals surface area contributed by atoms with E-state index in [-0.39, 0.29) is 11.5 Å². The van der Waals surface area contributed by atoms with E-state index in [0.717, 1.165) is 19.3 Å². The second-order valence-corrected chi connectivity index (χ2v) is 11.2. The number of rotatable bonds is 9. The summed E-state index contributed by atoms with van der Waals surface area (Å²) in [6.07, 6.45) is 5.19. The van der Waals surface area contributed by atoms with Crippen LogP contribution >= 0.6 is 0 Å². The van der Waals surface area contributed by atoms with E-state index in [0.29, 0.717) is 6.54 Å². The maximum atomic E-state index is 6.91. The summed E-state index contributed by atoms with van der Waals surface area (Å²) in [6.45, 7) is 9.64. The number of hydrogen-bond donors (Lipinski definition) is 1. The molecule has 0 saturated carbocycles. The lowest BCUT2D eigenvalue weighted by Gasteiger charge is -2.56. The highest BCUT2D eigenvalue weighted by molar-refractivity contribution is 6.72. The van der Waals surface area contributed by atoms with Crippen molar-refractivity contribution in [1.29, 1.82) is 0 Å². The molecule has 0 radical (unpaired) electrons. The van der Waals surface area contributed by atoms with E-state index >= 15 is 0 Å². The average Bonchev–Trinajstić information content (AvgIpc) is 2.49. The fourth-order valence-corrected chi connectivity index (χ4v) is 8.28. The summed E-state index contributed by atoms with van der Waals surface area (Å²) in [5.74, 6) is -0.505. The zero-order chi connectivity index (χ0) is 16.9. The highest BCUT2D eigenvalue weighted by atomic mass is 28.4. The third-order valence-electron chi connectivity index (χ3n) is 5.57. The molecule has 4 nitrogen and oxygen atoms in total. The maximum absolute atomic E-state index is 6.91. The molecule has 0 aromatic heterocycles. The quantitative estimate of drug-likeness (QED) is 0.514. The molecule has 1 fully saturated rings. The molecule has 22 heavy (non-hydrogen) atoms. The standard InChI is InChI=1S/C17H37NO3Si/c1-7-13-22(6)14-9-11-16(8-2,21-22)17(19-4,20-5)15(3)10-12-18/h15H,7-14,18H2,1-6H3. The summed E-state index contributed by atoms with van der Waals surface area (Å²) >= 11 is 0. The fourth-order valence-electron chi connectivity index (χ4n) is 4.51. The Morgan fingerprint density at radius 1 is 1.32 bits per heavy atom. The van der Waals surface area contributed by atoms with Gasteiger partial charge in [0.15, 0.2) is 14.1 Å². The van der Waals surface area contributed by atoms with Crippen LogP contribution in [0.2, 0.25) is 18.6 Å². The normalized spacial score (nSPS) is 31.2. The Balaban J connectivity index is 3.21. The molecule has 0 aromatic rings. The molecule has 1 aliphatic rings. The van der Waals surface area contributed by atoms with Gasteiger partial charge in [-0.25, -0.2) is 0 Å². The van der Waals surface area contributed by atoms with Crippen LogP contribution in [0.15, 0.2) is 0 Å². The van der Waals surface area contributed by atoms with Gasteiger partial charge in [-0.3, -0.25) is 0 Å². The van der Waals surface area contributed by atoms with E-state index in [4.69, 9.17) is 19.6 Å². The predicted molar refractivity (Wildman–Crippen MR) is 94.4 cm³/mol. The number of ether oxygens (including phenoxy) is 2. The molecule has 1 saturated heterocycles. The number of nitrogens with two attached hydrogens (primary N) is 1. The van der Waals surface area contributed by atoms with Crippen LogP contribution in [0.4, 0.5) is 0 Å². The van der Waals surface area contributed by atoms with Gasteiger partial charge in [0.25, 0.3) is 0 Å². The lowest BCUT2D eigenvalue weighted by atomic mass is 9.77. The molecule has 3 atom stereocenters. The van der Waals surface area contributed by atoms with Gasteiger partial charge in [0.05, 0.1) is 0 Å². The van der Waals surface area contributed by atoms with Gasteiger partial charge in [-0.15, -0.1) is 0 Å². The monoisotopic (exact) mass is 331 g/mol. The molecule has 1 aliphatic heterocycles. The number of methoxy groups -OCH3 is 2. The maximum Gasteiger partial charge on any atom is 0.198 e. The minimum Gasteiger partial charge on any atom is -0.406 e. The second-order valence-electron chi connectivity index (χ2n) is 7.06. The fraction of sp³-hybridized carbons (Fsp3) is 1.00. The van der Waals surface area contributed by atoms with Crippen molar-refractivity contribution in [2.75, 3.05) is 20.8 Å². The van der Waals surface area contributed by atoms with E-state index in [1.807, 2.05) is 0 Å². The molecular weight excluding hydrogens is 294 g/mol. The van der Waals surface area contributed by atoms with E-state index in [9.17, 15) is 0 Å². The summed E-state index contributed by atoms with van der Waals surface area (Å²) in [6, 6.07) is 2.46. The van der Waals surface area contributed by atoms with Gasteiger partial charge in [0.2, 0.25) is 0 Å². The van der Waals surface area contributed by atoms with Gasteiger partial charge >= 0.3 is 0 Å². The predicted octanol–water partition coefficient (Wildman–Crippen LogP) is 3.90. The Bertz CT molecular complexity index is 334. The first-order valence-corrected chi connectivity index (χ1v) is 11.7. The first-order chi connectivity index (χ1) is 10.4. The molecule has 2 N–H and O–H groups in total. The van der Waals surface area contributed by atoms with Crippen molar-refractivity contribution in [2.24, 2.45) is 11.7 Å². The number of hydrogen-bond acceptors (Lipinski definition) is 4. The Hall–Kier alpha value is 0.0569. The Labute approximate surface area is 138 Å². The largest absolute Gasteiger partial charge is 0.406 e. The van der Waals surface area contributed by atoms with Crippen LogP contribution in [0.5, 0.6) is 0 Å². The van der Waals surface area contributed by atoms with Gasteiger partial charge in [0.1, 0.15) is 5.60 Å². The van der Waals surface area contributed by atoms with Crippen molar-refractivity contribution in [1.82, 2.24) is 0 Å². The first-order valence-electron chi connectivity index (χ1n) is 8.89. The molecule has 132 valence electrons. The van der Waals surface area contributed by atoms with Gasteiger partial charge in [-0.2, -0.15) is 0 Å². The van der Waals surface area contributed by atoms with Crippen molar-refractivity contribution in [3.8, 4) is 0 Å². The molecule has 0 amide bonds. The SMILES string of the molecule is CCC[Si]1(C)CCCC(CC)(C(OC)(OC)C(C)CCN)O1.